The maximum atomic E-state index is 13.0. The third kappa shape index (κ3) is 7.34. The third-order valence-corrected chi connectivity index (χ3v) is 9.20. The number of benzene rings is 1. The summed E-state index contributed by atoms with van der Waals surface area (Å²) in [5, 5.41) is 14.4. The van der Waals surface area contributed by atoms with Gasteiger partial charge in [-0.15, -0.1) is 5.10 Å². The Balaban J connectivity index is 1.20. The molecule has 45 heavy (non-hydrogen) atoms. The predicted octanol–water partition coefficient (Wildman–Crippen LogP) is 1.61. The molecule has 5 heterocycles. The second kappa shape index (κ2) is 14.5. The zero-order valence-corrected chi connectivity index (χ0v) is 26.4. The van der Waals surface area contributed by atoms with Crippen LogP contribution >= 0.6 is 0 Å². The van der Waals surface area contributed by atoms with Gasteiger partial charge in [0.25, 0.3) is 0 Å². The highest BCUT2D eigenvalue weighted by Gasteiger charge is 2.33. The van der Waals surface area contributed by atoms with Gasteiger partial charge in [0.1, 0.15) is 5.78 Å². The van der Waals surface area contributed by atoms with Gasteiger partial charge < -0.3 is 29.1 Å². The van der Waals surface area contributed by atoms with E-state index < -0.39 is 6.04 Å². The number of ether oxygens (including phenoxy) is 2. The fourth-order valence-electron chi connectivity index (χ4n) is 6.47. The SMILES string of the molecule is CCN1CCN(CCCOc2cc3c(N4CCN(C(=O)C5CC(=O)CN5)CC4)nnc(Cc4ccncc4)c3cc2OC)CC1. The van der Waals surface area contributed by atoms with Crippen molar-refractivity contribution >= 4 is 28.3 Å². The molecule has 3 aliphatic rings. The van der Waals surface area contributed by atoms with Crippen molar-refractivity contribution in [3.63, 3.8) is 0 Å². The molecule has 0 saturated carbocycles. The Bertz CT molecular complexity index is 1470. The van der Waals surface area contributed by atoms with Gasteiger partial charge in [0.05, 0.1) is 32.0 Å². The molecule has 3 aromatic rings. The second-order valence-corrected chi connectivity index (χ2v) is 12.0. The Morgan fingerprint density at radius 1 is 0.956 bits per heavy atom. The van der Waals surface area contributed by atoms with Crippen LogP contribution in [0.3, 0.4) is 0 Å². The maximum absolute atomic E-state index is 13.0. The van der Waals surface area contributed by atoms with E-state index in [-0.39, 0.29) is 24.7 Å². The average molecular weight is 617 g/mol. The monoisotopic (exact) mass is 616 g/mol. The number of fused-ring (bicyclic) bond motifs is 1. The Hall–Kier alpha value is -3.87. The lowest BCUT2D eigenvalue weighted by Crippen LogP contribution is -2.53. The smallest absolute Gasteiger partial charge is 0.240 e. The summed E-state index contributed by atoms with van der Waals surface area (Å²) in [6.45, 7) is 12.0. The van der Waals surface area contributed by atoms with Crippen molar-refractivity contribution in [3.05, 3.63) is 47.9 Å². The van der Waals surface area contributed by atoms with Crippen molar-refractivity contribution in [2.24, 2.45) is 0 Å². The van der Waals surface area contributed by atoms with Crippen LogP contribution in [0.15, 0.2) is 36.7 Å². The first-order valence-corrected chi connectivity index (χ1v) is 16.1. The summed E-state index contributed by atoms with van der Waals surface area (Å²) in [5.74, 6) is 2.21. The number of nitrogens with zero attached hydrogens (tertiary/aromatic N) is 7. The highest BCUT2D eigenvalue weighted by Crippen LogP contribution is 2.38. The minimum Gasteiger partial charge on any atom is -0.493 e. The average Bonchev–Trinajstić information content (AvgIpc) is 3.53. The molecule has 12 nitrogen and oxygen atoms in total. The number of aromatic nitrogens is 3. The first-order chi connectivity index (χ1) is 22.0. The summed E-state index contributed by atoms with van der Waals surface area (Å²) < 4.78 is 12.2. The number of nitrogens with one attached hydrogen (secondary N) is 1. The van der Waals surface area contributed by atoms with Crippen molar-refractivity contribution < 1.29 is 19.1 Å². The Morgan fingerprint density at radius 2 is 1.69 bits per heavy atom. The molecule has 1 unspecified atom stereocenters. The number of Topliss-reactive ketones (excluding diaryl/α,β-unsaturated/α-hetero) is 1. The van der Waals surface area contributed by atoms with Gasteiger partial charge in [0.2, 0.25) is 5.91 Å². The van der Waals surface area contributed by atoms with Gasteiger partial charge >= 0.3 is 0 Å². The molecule has 6 rings (SSSR count). The summed E-state index contributed by atoms with van der Waals surface area (Å²) in [5.41, 5.74) is 1.94. The van der Waals surface area contributed by atoms with Gasteiger partial charge in [-0.1, -0.05) is 6.92 Å². The number of ketones is 1. The van der Waals surface area contributed by atoms with E-state index in [9.17, 15) is 9.59 Å². The van der Waals surface area contributed by atoms with E-state index in [4.69, 9.17) is 19.7 Å². The Kier molecular flexibility index (Phi) is 10.0. The van der Waals surface area contributed by atoms with E-state index in [2.05, 4.69) is 31.9 Å². The van der Waals surface area contributed by atoms with Gasteiger partial charge in [-0.25, -0.2) is 0 Å². The number of pyridine rings is 1. The van der Waals surface area contributed by atoms with E-state index >= 15 is 0 Å². The molecule has 2 aromatic heterocycles. The summed E-state index contributed by atoms with van der Waals surface area (Å²) in [6.07, 6.45) is 5.38. The van der Waals surface area contributed by atoms with Crippen LogP contribution in [0.1, 0.15) is 31.0 Å². The summed E-state index contributed by atoms with van der Waals surface area (Å²) in [6, 6.07) is 7.62. The Labute approximate surface area is 264 Å². The fraction of sp³-hybridized carbons (Fsp3) is 0.545. The lowest BCUT2D eigenvalue weighted by molar-refractivity contribution is -0.134. The standard InChI is InChI=1S/C33H44N8O4/c1-3-38-10-12-39(13-11-38)9-4-18-45-31-22-27-26(21-30(31)44-2)28(19-24-5-7-34-8-6-24)36-37-32(27)40-14-16-41(17-15-40)33(43)29-20-25(42)23-35-29/h5-8,21-22,29,35H,3-4,9-20,23H2,1-2H3. The lowest BCUT2D eigenvalue weighted by Gasteiger charge is -2.36. The zero-order valence-electron chi connectivity index (χ0n) is 26.4. The summed E-state index contributed by atoms with van der Waals surface area (Å²) in [4.78, 5) is 37.9. The molecular formula is C33H44N8O4. The fourth-order valence-corrected chi connectivity index (χ4v) is 6.47. The van der Waals surface area contributed by atoms with Crippen molar-refractivity contribution in [2.45, 2.75) is 32.2 Å². The number of carbonyl (C=O) groups excluding carboxylic acids is 2. The number of hydrogen-bond donors (Lipinski definition) is 1. The molecular weight excluding hydrogens is 572 g/mol. The molecule has 3 saturated heterocycles. The molecule has 12 heteroatoms. The molecule has 0 bridgehead atoms. The molecule has 0 aliphatic carbocycles. The molecule has 1 N–H and O–H groups in total. The van der Waals surface area contributed by atoms with Gasteiger partial charge in [-0.2, -0.15) is 5.10 Å². The molecule has 0 radical (unpaired) electrons. The molecule has 1 amide bonds. The van der Waals surface area contributed by atoms with E-state index in [1.807, 2.05) is 29.2 Å². The van der Waals surface area contributed by atoms with E-state index in [1.165, 1.54) is 0 Å². The number of amides is 1. The predicted molar refractivity (Wildman–Crippen MR) is 172 cm³/mol. The van der Waals surface area contributed by atoms with Crippen LogP contribution in [-0.4, -0.2) is 133 Å². The summed E-state index contributed by atoms with van der Waals surface area (Å²) >= 11 is 0. The topological polar surface area (TPSA) is 116 Å². The highest BCUT2D eigenvalue weighted by atomic mass is 16.5. The minimum absolute atomic E-state index is 0.00296. The maximum Gasteiger partial charge on any atom is 0.240 e. The van der Waals surface area contributed by atoms with E-state index in [0.29, 0.717) is 50.7 Å². The van der Waals surface area contributed by atoms with E-state index in [1.54, 1.807) is 19.5 Å². The van der Waals surface area contributed by atoms with Crippen molar-refractivity contribution in [2.75, 3.05) is 90.6 Å². The summed E-state index contributed by atoms with van der Waals surface area (Å²) in [7, 11) is 1.67. The zero-order chi connectivity index (χ0) is 31.2. The normalized spacial score (nSPS) is 19.8. The first kappa shape index (κ1) is 31.1. The number of hydrogen-bond acceptors (Lipinski definition) is 11. The van der Waals surface area contributed by atoms with E-state index in [0.717, 1.165) is 73.5 Å². The van der Waals surface area contributed by atoms with Crippen LogP contribution in [0.5, 0.6) is 11.5 Å². The Morgan fingerprint density at radius 3 is 2.38 bits per heavy atom. The number of methoxy groups -OCH3 is 1. The number of rotatable bonds is 11. The van der Waals surface area contributed by atoms with Crippen LogP contribution in [0.4, 0.5) is 5.82 Å². The molecule has 3 fully saturated rings. The number of carbonyl (C=O) groups is 2. The molecule has 0 spiro atoms. The largest absolute Gasteiger partial charge is 0.493 e. The molecule has 240 valence electrons. The van der Waals surface area contributed by atoms with Gasteiger partial charge in [-0.3, -0.25) is 19.9 Å². The van der Waals surface area contributed by atoms with Gasteiger partial charge in [0, 0.05) is 94.9 Å². The van der Waals surface area contributed by atoms with Crippen molar-refractivity contribution in [1.82, 2.24) is 35.2 Å². The second-order valence-electron chi connectivity index (χ2n) is 12.0. The van der Waals surface area contributed by atoms with Crippen LogP contribution in [0, 0.1) is 0 Å². The molecule has 1 atom stereocenters. The highest BCUT2D eigenvalue weighted by molar-refractivity contribution is 5.96. The van der Waals surface area contributed by atoms with Crippen molar-refractivity contribution in [1.29, 1.82) is 0 Å². The van der Waals surface area contributed by atoms with Crippen LogP contribution in [0.2, 0.25) is 0 Å². The van der Waals surface area contributed by atoms with Crippen LogP contribution in [-0.2, 0) is 16.0 Å². The molecule has 1 aromatic carbocycles. The number of anilines is 1. The number of piperazine rings is 2. The lowest BCUT2D eigenvalue weighted by atomic mass is 10.0. The van der Waals surface area contributed by atoms with Gasteiger partial charge in [-0.05, 0) is 42.8 Å². The number of likely N-dealkylation sites (N-methyl/N-ethyl adjacent to an activating group) is 1. The third-order valence-electron chi connectivity index (χ3n) is 9.20. The first-order valence-electron chi connectivity index (χ1n) is 16.1. The van der Waals surface area contributed by atoms with Gasteiger partial charge in [0.15, 0.2) is 17.3 Å². The van der Waals surface area contributed by atoms with Crippen LogP contribution < -0.4 is 19.7 Å². The van der Waals surface area contributed by atoms with Crippen LogP contribution in [0.25, 0.3) is 10.8 Å². The van der Waals surface area contributed by atoms with Crippen molar-refractivity contribution in [3.8, 4) is 11.5 Å². The quantitative estimate of drug-likeness (QED) is 0.317. The minimum atomic E-state index is -0.412. The molecule has 3 aliphatic heterocycles.